The molecule has 3 unspecified atom stereocenters. The summed E-state index contributed by atoms with van der Waals surface area (Å²) in [5, 5.41) is 20.1. The third kappa shape index (κ3) is 2.97. The Kier molecular flexibility index (Phi) is 4.68. The molecule has 4 nitrogen and oxygen atoms in total. The van der Waals surface area contributed by atoms with E-state index in [0.29, 0.717) is 29.2 Å². The maximum absolute atomic E-state index is 11.3. The van der Waals surface area contributed by atoms with Gasteiger partial charge in [0.2, 0.25) is 0 Å². The van der Waals surface area contributed by atoms with Crippen molar-refractivity contribution in [3.05, 3.63) is 40.9 Å². The fourth-order valence-electron chi connectivity index (χ4n) is 2.58. The summed E-state index contributed by atoms with van der Waals surface area (Å²) in [6, 6.07) is 5.02. The number of halogens is 1. The number of hydrogen-bond donors (Lipinski definition) is 2. The zero-order valence-electron chi connectivity index (χ0n) is 11.1. The zero-order valence-corrected chi connectivity index (χ0v) is 11.9. The van der Waals surface area contributed by atoms with Gasteiger partial charge in [-0.25, -0.2) is 0 Å². The van der Waals surface area contributed by atoms with Crippen LogP contribution in [0.3, 0.4) is 0 Å². The van der Waals surface area contributed by atoms with Crippen molar-refractivity contribution >= 4 is 17.6 Å². The number of ether oxygens (including phenoxy) is 1. The number of carboxylic acid groups (broad SMARTS) is 1. The summed E-state index contributed by atoms with van der Waals surface area (Å²) in [5.74, 6) is -1.27. The van der Waals surface area contributed by atoms with Crippen LogP contribution in [0.4, 0.5) is 0 Å². The van der Waals surface area contributed by atoms with E-state index >= 15 is 0 Å². The van der Waals surface area contributed by atoms with Gasteiger partial charge in [0.15, 0.2) is 0 Å². The topological polar surface area (TPSA) is 66.8 Å². The summed E-state index contributed by atoms with van der Waals surface area (Å²) < 4.78 is 5.07. The van der Waals surface area contributed by atoms with Gasteiger partial charge in [-0.1, -0.05) is 29.8 Å². The number of aliphatic hydroxyl groups excluding tert-OH is 1. The second-order valence-electron chi connectivity index (χ2n) is 4.89. The molecule has 0 radical (unpaired) electrons. The quantitative estimate of drug-likeness (QED) is 0.838. The zero-order chi connectivity index (χ0) is 14.7. The molecule has 20 heavy (non-hydrogen) atoms. The Hall–Kier alpha value is -1.52. The van der Waals surface area contributed by atoms with Crippen LogP contribution in [-0.4, -0.2) is 23.3 Å². The predicted molar refractivity (Wildman–Crippen MR) is 76.0 cm³/mol. The van der Waals surface area contributed by atoms with E-state index in [1.54, 1.807) is 18.2 Å². The molecule has 1 aliphatic rings. The van der Waals surface area contributed by atoms with Crippen molar-refractivity contribution in [1.29, 1.82) is 0 Å². The van der Waals surface area contributed by atoms with Crippen LogP contribution >= 0.6 is 11.6 Å². The average molecular weight is 297 g/mol. The van der Waals surface area contributed by atoms with Crippen molar-refractivity contribution in [3.63, 3.8) is 0 Å². The summed E-state index contributed by atoms with van der Waals surface area (Å²) in [6.45, 7) is 0. The van der Waals surface area contributed by atoms with E-state index in [1.165, 1.54) is 7.11 Å². The monoisotopic (exact) mass is 296 g/mol. The summed E-state index contributed by atoms with van der Waals surface area (Å²) >= 11 is 6.05. The first-order chi connectivity index (χ1) is 9.54. The van der Waals surface area contributed by atoms with Crippen molar-refractivity contribution in [2.75, 3.05) is 7.11 Å². The van der Waals surface area contributed by atoms with E-state index in [9.17, 15) is 15.0 Å². The van der Waals surface area contributed by atoms with Gasteiger partial charge in [-0.15, -0.1) is 0 Å². The average Bonchev–Trinajstić information content (AvgIpc) is 2.46. The third-order valence-corrected chi connectivity index (χ3v) is 4.02. The first-order valence-corrected chi connectivity index (χ1v) is 6.81. The number of carbonyl (C=O) groups is 1. The maximum atomic E-state index is 11.3. The van der Waals surface area contributed by atoms with Crippen LogP contribution in [-0.2, 0) is 4.79 Å². The molecule has 0 spiro atoms. The Morgan fingerprint density at radius 2 is 2.10 bits per heavy atom. The molecule has 3 atom stereocenters. The Labute approximate surface area is 122 Å². The summed E-state index contributed by atoms with van der Waals surface area (Å²) in [4.78, 5) is 11.3. The minimum atomic E-state index is -0.877. The SMILES string of the molecule is COc1ccc(C(O)C2CC=CCC2C(=O)O)cc1Cl. The van der Waals surface area contributed by atoms with Crippen LogP contribution in [0.1, 0.15) is 24.5 Å². The van der Waals surface area contributed by atoms with Crippen LogP contribution in [0.2, 0.25) is 5.02 Å². The van der Waals surface area contributed by atoms with Crippen LogP contribution in [0.15, 0.2) is 30.4 Å². The third-order valence-electron chi connectivity index (χ3n) is 3.72. The number of allylic oxidation sites excluding steroid dienone is 2. The van der Waals surface area contributed by atoms with Gasteiger partial charge in [-0.3, -0.25) is 4.79 Å². The molecule has 0 saturated heterocycles. The lowest BCUT2D eigenvalue weighted by atomic mass is 9.77. The number of carboxylic acids is 1. The van der Waals surface area contributed by atoms with Gasteiger partial charge in [-0.05, 0) is 30.5 Å². The lowest BCUT2D eigenvalue weighted by molar-refractivity contribution is -0.145. The number of rotatable bonds is 4. The summed E-state index contributed by atoms with van der Waals surface area (Å²) in [7, 11) is 1.52. The standard InChI is InChI=1S/C15H17ClO4/c1-20-13-7-6-9(8-12(13)16)14(17)10-4-2-3-5-11(10)15(18)19/h2-3,6-8,10-11,14,17H,4-5H2,1H3,(H,18,19). The van der Waals surface area contributed by atoms with E-state index in [4.69, 9.17) is 16.3 Å². The van der Waals surface area contributed by atoms with E-state index in [1.807, 2.05) is 12.2 Å². The Morgan fingerprint density at radius 3 is 2.70 bits per heavy atom. The van der Waals surface area contributed by atoms with E-state index in [0.717, 1.165) is 0 Å². The molecular formula is C15H17ClO4. The molecular weight excluding hydrogens is 280 g/mol. The number of benzene rings is 1. The molecule has 0 fully saturated rings. The molecule has 2 rings (SSSR count). The Balaban J connectivity index is 2.25. The molecule has 0 bridgehead atoms. The van der Waals surface area contributed by atoms with E-state index in [2.05, 4.69) is 0 Å². The highest BCUT2D eigenvalue weighted by Crippen LogP contribution is 2.38. The summed E-state index contributed by atoms with van der Waals surface area (Å²) in [6.07, 6.45) is 3.90. The first kappa shape index (κ1) is 14.9. The van der Waals surface area contributed by atoms with Gasteiger partial charge < -0.3 is 14.9 Å². The molecule has 1 aromatic rings. The van der Waals surface area contributed by atoms with Crippen molar-refractivity contribution < 1.29 is 19.7 Å². The number of methoxy groups -OCH3 is 1. The van der Waals surface area contributed by atoms with Crippen LogP contribution in [0, 0.1) is 11.8 Å². The number of hydrogen-bond acceptors (Lipinski definition) is 3. The molecule has 5 heteroatoms. The van der Waals surface area contributed by atoms with Gasteiger partial charge in [-0.2, -0.15) is 0 Å². The second kappa shape index (κ2) is 6.29. The molecule has 2 N–H and O–H groups in total. The van der Waals surface area contributed by atoms with Crippen molar-refractivity contribution in [2.24, 2.45) is 11.8 Å². The largest absolute Gasteiger partial charge is 0.495 e. The number of aliphatic carboxylic acids is 1. The van der Waals surface area contributed by atoms with Gasteiger partial charge >= 0.3 is 5.97 Å². The highest BCUT2D eigenvalue weighted by molar-refractivity contribution is 6.32. The smallest absolute Gasteiger partial charge is 0.307 e. The fourth-order valence-corrected chi connectivity index (χ4v) is 2.85. The Bertz CT molecular complexity index is 527. The second-order valence-corrected chi connectivity index (χ2v) is 5.30. The lowest BCUT2D eigenvalue weighted by Gasteiger charge is -2.29. The molecule has 0 amide bonds. The Morgan fingerprint density at radius 1 is 1.40 bits per heavy atom. The molecule has 0 aromatic heterocycles. The first-order valence-electron chi connectivity index (χ1n) is 6.44. The van der Waals surface area contributed by atoms with Crippen molar-refractivity contribution in [3.8, 4) is 5.75 Å². The fraction of sp³-hybridized carbons (Fsp3) is 0.400. The van der Waals surface area contributed by atoms with Gasteiger partial charge in [0.25, 0.3) is 0 Å². The van der Waals surface area contributed by atoms with Crippen LogP contribution in [0.25, 0.3) is 0 Å². The minimum absolute atomic E-state index is 0.345. The van der Waals surface area contributed by atoms with E-state index < -0.39 is 18.0 Å². The van der Waals surface area contributed by atoms with Crippen LogP contribution in [0.5, 0.6) is 5.75 Å². The molecule has 0 aliphatic heterocycles. The minimum Gasteiger partial charge on any atom is -0.495 e. The van der Waals surface area contributed by atoms with Crippen molar-refractivity contribution in [1.82, 2.24) is 0 Å². The normalized spacial score (nSPS) is 23.4. The van der Waals surface area contributed by atoms with E-state index in [-0.39, 0.29) is 5.92 Å². The molecule has 1 aliphatic carbocycles. The molecule has 0 heterocycles. The summed E-state index contributed by atoms with van der Waals surface area (Å²) in [5.41, 5.74) is 0.613. The molecule has 0 saturated carbocycles. The maximum Gasteiger partial charge on any atom is 0.307 e. The van der Waals surface area contributed by atoms with Crippen molar-refractivity contribution in [2.45, 2.75) is 18.9 Å². The van der Waals surface area contributed by atoms with Gasteiger partial charge in [0, 0.05) is 5.92 Å². The lowest BCUT2D eigenvalue weighted by Crippen LogP contribution is -2.29. The predicted octanol–water partition coefficient (Wildman–Crippen LogP) is 3.05. The number of aliphatic hydroxyl groups is 1. The van der Waals surface area contributed by atoms with Gasteiger partial charge in [0.05, 0.1) is 24.2 Å². The molecule has 108 valence electrons. The highest BCUT2D eigenvalue weighted by Gasteiger charge is 2.34. The van der Waals surface area contributed by atoms with Crippen LogP contribution < -0.4 is 4.74 Å². The van der Waals surface area contributed by atoms with Gasteiger partial charge in [0.1, 0.15) is 5.75 Å². The molecule has 1 aromatic carbocycles. The highest BCUT2D eigenvalue weighted by atomic mass is 35.5.